The van der Waals surface area contributed by atoms with Crippen molar-refractivity contribution in [3.8, 4) is 0 Å². The van der Waals surface area contributed by atoms with Crippen LogP contribution in [0.5, 0.6) is 0 Å². The van der Waals surface area contributed by atoms with Crippen LogP contribution in [0.1, 0.15) is 36.2 Å². The molecule has 0 aliphatic rings. The molecular weight excluding hydrogens is 246 g/mol. The fraction of sp³-hybridized carbons (Fsp3) is 0.357. The fourth-order valence-electron chi connectivity index (χ4n) is 1.76. The average Bonchev–Trinajstić information content (AvgIpc) is 2.96. The molecule has 0 fully saturated rings. The Balaban J connectivity index is 2.21. The van der Waals surface area contributed by atoms with Crippen molar-refractivity contribution in [3.05, 3.63) is 40.3 Å². The molecule has 0 bridgehead atoms. The van der Waals surface area contributed by atoms with E-state index in [4.69, 9.17) is 4.42 Å². The zero-order valence-corrected chi connectivity index (χ0v) is 11.7. The molecule has 0 radical (unpaired) electrons. The lowest BCUT2D eigenvalue weighted by atomic mass is 10.3. The van der Waals surface area contributed by atoms with Crippen LogP contribution in [-0.4, -0.2) is 11.8 Å². The van der Waals surface area contributed by atoms with Gasteiger partial charge in [0.15, 0.2) is 17.4 Å². The Kier molecular flexibility index (Phi) is 3.87. The SMILES string of the molecule is CC(=O)c1ccc(N(Cc2cccs2)C(C)C)o1. The molecule has 0 aliphatic heterocycles. The molecule has 0 amide bonds. The number of carbonyl (C=O) groups is 1. The van der Waals surface area contributed by atoms with Gasteiger partial charge in [-0.15, -0.1) is 11.3 Å². The highest BCUT2D eigenvalue weighted by molar-refractivity contribution is 7.09. The number of rotatable bonds is 5. The number of nitrogens with zero attached hydrogens (tertiary/aromatic N) is 1. The molecule has 2 aromatic heterocycles. The zero-order chi connectivity index (χ0) is 13.1. The highest BCUT2D eigenvalue weighted by Gasteiger charge is 2.16. The molecule has 2 heterocycles. The third-order valence-corrected chi connectivity index (χ3v) is 3.61. The molecule has 0 unspecified atom stereocenters. The lowest BCUT2D eigenvalue weighted by Gasteiger charge is -2.25. The Morgan fingerprint density at radius 3 is 2.67 bits per heavy atom. The van der Waals surface area contributed by atoms with E-state index in [-0.39, 0.29) is 5.78 Å². The standard InChI is InChI=1S/C14H17NO2S/c1-10(2)15(9-12-5-4-8-18-12)14-7-6-13(17-14)11(3)16/h4-8,10H,9H2,1-3H3. The van der Waals surface area contributed by atoms with E-state index in [0.717, 1.165) is 12.4 Å². The topological polar surface area (TPSA) is 33.5 Å². The highest BCUT2D eigenvalue weighted by Crippen LogP contribution is 2.24. The summed E-state index contributed by atoms with van der Waals surface area (Å²) < 4.78 is 5.60. The fourth-order valence-corrected chi connectivity index (χ4v) is 2.46. The van der Waals surface area contributed by atoms with Crippen molar-refractivity contribution in [2.75, 3.05) is 4.90 Å². The summed E-state index contributed by atoms with van der Waals surface area (Å²) >= 11 is 1.73. The maximum Gasteiger partial charge on any atom is 0.196 e. The highest BCUT2D eigenvalue weighted by atomic mass is 32.1. The maximum absolute atomic E-state index is 11.3. The molecule has 0 aromatic carbocycles. The molecule has 0 spiro atoms. The Hall–Kier alpha value is -1.55. The number of anilines is 1. The third-order valence-electron chi connectivity index (χ3n) is 2.75. The van der Waals surface area contributed by atoms with Crippen LogP contribution in [0, 0.1) is 0 Å². The summed E-state index contributed by atoms with van der Waals surface area (Å²) in [5.41, 5.74) is 0. The number of Topliss-reactive ketones (excluding diaryl/α,β-unsaturated/α-hetero) is 1. The molecule has 4 heteroatoms. The number of hydrogen-bond donors (Lipinski definition) is 0. The van der Waals surface area contributed by atoms with Crippen LogP contribution in [0.4, 0.5) is 5.88 Å². The quantitative estimate of drug-likeness (QED) is 0.766. The molecule has 0 aliphatic carbocycles. The molecule has 0 atom stereocenters. The Morgan fingerprint density at radius 1 is 1.39 bits per heavy atom. The molecule has 96 valence electrons. The molecule has 0 saturated carbocycles. The summed E-state index contributed by atoms with van der Waals surface area (Å²) in [6, 6.07) is 8.07. The normalized spacial score (nSPS) is 10.9. The van der Waals surface area contributed by atoms with Gasteiger partial charge in [0.1, 0.15) is 0 Å². The zero-order valence-electron chi connectivity index (χ0n) is 10.8. The molecular formula is C14H17NO2S. The van der Waals surface area contributed by atoms with Crippen LogP contribution >= 0.6 is 11.3 Å². The smallest absolute Gasteiger partial charge is 0.196 e. The van der Waals surface area contributed by atoms with Crippen molar-refractivity contribution in [1.82, 2.24) is 0 Å². The first kappa shape index (κ1) is 12.9. The monoisotopic (exact) mass is 263 g/mol. The van der Waals surface area contributed by atoms with Crippen molar-refractivity contribution < 1.29 is 9.21 Å². The van der Waals surface area contributed by atoms with Crippen LogP contribution in [0.15, 0.2) is 34.1 Å². The summed E-state index contributed by atoms with van der Waals surface area (Å²) in [7, 11) is 0. The van der Waals surface area contributed by atoms with Gasteiger partial charge >= 0.3 is 0 Å². The molecule has 3 nitrogen and oxygen atoms in total. The van der Waals surface area contributed by atoms with E-state index in [9.17, 15) is 4.79 Å². The minimum absolute atomic E-state index is 0.0407. The number of hydrogen-bond acceptors (Lipinski definition) is 4. The van der Waals surface area contributed by atoms with Crippen LogP contribution in [0.2, 0.25) is 0 Å². The van der Waals surface area contributed by atoms with Crippen LogP contribution in [0.3, 0.4) is 0 Å². The predicted molar refractivity (Wildman–Crippen MR) is 74.4 cm³/mol. The number of furan rings is 1. The first-order valence-corrected chi connectivity index (χ1v) is 6.85. The Bertz CT molecular complexity index is 514. The maximum atomic E-state index is 11.3. The van der Waals surface area contributed by atoms with Crippen LogP contribution in [0.25, 0.3) is 0 Å². The Morgan fingerprint density at radius 2 is 2.17 bits per heavy atom. The van der Waals surface area contributed by atoms with Gasteiger partial charge in [-0.1, -0.05) is 6.07 Å². The van der Waals surface area contributed by atoms with Crippen LogP contribution < -0.4 is 4.90 Å². The van der Waals surface area contributed by atoms with E-state index in [1.807, 2.05) is 12.1 Å². The van der Waals surface area contributed by atoms with Gasteiger partial charge in [0.25, 0.3) is 0 Å². The number of thiophene rings is 1. The molecule has 2 rings (SSSR count). The lowest BCUT2D eigenvalue weighted by Crippen LogP contribution is -2.29. The van der Waals surface area contributed by atoms with E-state index >= 15 is 0 Å². The van der Waals surface area contributed by atoms with Gasteiger partial charge in [0, 0.05) is 23.9 Å². The molecule has 0 saturated heterocycles. The summed E-state index contributed by atoms with van der Waals surface area (Å²) in [5.74, 6) is 1.13. The van der Waals surface area contributed by atoms with Gasteiger partial charge in [-0.2, -0.15) is 0 Å². The van der Waals surface area contributed by atoms with Crippen molar-refractivity contribution in [1.29, 1.82) is 0 Å². The predicted octanol–water partition coefficient (Wildman–Crippen LogP) is 3.96. The van der Waals surface area contributed by atoms with Crippen molar-refractivity contribution in [2.45, 2.75) is 33.4 Å². The van der Waals surface area contributed by atoms with E-state index in [1.54, 1.807) is 17.4 Å². The van der Waals surface area contributed by atoms with Gasteiger partial charge in [0.2, 0.25) is 0 Å². The van der Waals surface area contributed by atoms with Crippen LogP contribution in [-0.2, 0) is 6.54 Å². The second kappa shape index (κ2) is 5.40. The minimum atomic E-state index is -0.0407. The number of carbonyl (C=O) groups excluding carboxylic acids is 1. The molecule has 0 N–H and O–H groups in total. The largest absolute Gasteiger partial charge is 0.437 e. The first-order valence-electron chi connectivity index (χ1n) is 5.97. The second-order valence-electron chi connectivity index (χ2n) is 4.50. The van der Waals surface area contributed by atoms with E-state index in [2.05, 4.69) is 30.2 Å². The summed E-state index contributed by atoms with van der Waals surface area (Å²) in [6.45, 7) is 6.55. The van der Waals surface area contributed by atoms with Gasteiger partial charge in [0.05, 0.1) is 6.54 Å². The Labute approximate surface area is 111 Å². The lowest BCUT2D eigenvalue weighted by molar-refractivity contribution is 0.0987. The minimum Gasteiger partial charge on any atom is -0.437 e. The van der Waals surface area contributed by atoms with Gasteiger partial charge in [-0.3, -0.25) is 4.79 Å². The molecule has 18 heavy (non-hydrogen) atoms. The van der Waals surface area contributed by atoms with E-state index in [0.29, 0.717) is 11.8 Å². The van der Waals surface area contributed by atoms with E-state index < -0.39 is 0 Å². The van der Waals surface area contributed by atoms with Crippen molar-refractivity contribution in [3.63, 3.8) is 0 Å². The van der Waals surface area contributed by atoms with Gasteiger partial charge < -0.3 is 9.32 Å². The van der Waals surface area contributed by atoms with Crippen molar-refractivity contribution in [2.24, 2.45) is 0 Å². The van der Waals surface area contributed by atoms with Gasteiger partial charge in [-0.25, -0.2) is 0 Å². The molecule has 2 aromatic rings. The summed E-state index contributed by atoms with van der Waals surface area (Å²) in [4.78, 5) is 14.7. The van der Waals surface area contributed by atoms with Gasteiger partial charge in [-0.05, 0) is 31.4 Å². The second-order valence-corrected chi connectivity index (χ2v) is 5.53. The average molecular weight is 263 g/mol. The van der Waals surface area contributed by atoms with E-state index in [1.165, 1.54) is 11.8 Å². The first-order chi connectivity index (χ1) is 8.58. The third kappa shape index (κ3) is 2.82. The number of ketones is 1. The summed E-state index contributed by atoms with van der Waals surface area (Å²) in [6.07, 6.45) is 0. The summed E-state index contributed by atoms with van der Waals surface area (Å²) in [5, 5.41) is 2.07. The van der Waals surface area contributed by atoms with Crippen molar-refractivity contribution >= 4 is 23.0 Å².